The Morgan fingerprint density at radius 2 is 1.79 bits per heavy atom. The Morgan fingerprint density at radius 3 is 2.55 bits per heavy atom. The predicted octanol–water partition coefficient (Wildman–Crippen LogP) is 2.49. The van der Waals surface area contributed by atoms with Crippen LogP contribution in [0.1, 0.15) is 29.7 Å². The molecule has 1 saturated heterocycles. The van der Waals surface area contributed by atoms with E-state index in [1.54, 1.807) is 6.20 Å². The Bertz CT molecular complexity index is 1840. The van der Waals surface area contributed by atoms with Crippen LogP contribution in [0.3, 0.4) is 0 Å². The lowest BCUT2D eigenvalue weighted by molar-refractivity contribution is -0.139. The molecule has 0 bridgehead atoms. The molecule has 13 heteroatoms. The summed E-state index contributed by atoms with van der Waals surface area (Å²) in [7, 11) is -4.96. The van der Waals surface area contributed by atoms with Gasteiger partial charge in [-0.15, -0.1) is 0 Å². The third-order valence-corrected chi connectivity index (χ3v) is 8.68. The van der Waals surface area contributed by atoms with Crippen molar-refractivity contribution in [3.05, 3.63) is 71.5 Å². The Morgan fingerprint density at radius 1 is 1.05 bits per heavy atom. The SMILES string of the molecule is Cc1cccc2c(C3=C(c4nc(N5CCNC6(CC6)C5)cc5ccccc45)C(=O)N(COP(=O)(O)O)C3=O)c[nH]c12.O. The van der Waals surface area contributed by atoms with Crippen LogP contribution in [0.5, 0.6) is 0 Å². The van der Waals surface area contributed by atoms with E-state index in [0.717, 1.165) is 59.2 Å². The Balaban J connectivity index is 0.00000316. The van der Waals surface area contributed by atoms with E-state index in [2.05, 4.69) is 19.7 Å². The zero-order valence-corrected chi connectivity index (χ0v) is 23.6. The van der Waals surface area contributed by atoms with Crippen molar-refractivity contribution in [2.75, 3.05) is 31.3 Å². The van der Waals surface area contributed by atoms with Gasteiger partial charge in [0.2, 0.25) is 0 Å². The van der Waals surface area contributed by atoms with Crippen molar-refractivity contribution in [3.63, 3.8) is 0 Å². The fourth-order valence-electron chi connectivity index (χ4n) is 5.98. The number of nitrogens with zero attached hydrogens (tertiary/aromatic N) is 3. The highest BCUT2D eigenvalue weighted by molar-refractivity contribution is 7.46. The number of phosphoric acid groups is 1. The number of para-hydroxylation sites is 1. The molecule has 0 unspecified atom stereocenters. The summed E-state index contributed by atoms with van der Waals surface area (Å²) in [4.78, 5) is 57.8. The van der Waals surface area contributed by atoms with Crippen LogP contribution in [-0.2, 0) is 18.7 Å². The predicted molar refractivity (Wildman–Crippen MR) is 157 cm³/mol. The molecule has 4 aromatic rings. The van der Waals surface area contributed by atoms with Gasteiger partial charge in [-0.1, -0.05) is 42.5 Å². The number of imide groups is 1. The van der Waals surface area contributed by atoms with Gasteiger partial charge in [-0.05, 0) is 36.8 Å². The third kappa shape index (κ3) is 4.72. The number of hydrogen-bond acceptors (Lipinski definition) is 7. The van der Waals surface area contributed by atoms with E-state index in [1.807, 2.05) is 55.5 Å². The first-order valence-corrected chi connectivity index (χ1v) is 14.9. The maximum Gasteiger partial charge on any atom is 0.471 e. The lowest BCUT2D eigenvalue weighted by atomic mass is 9.95. The van der Waals surface area contributed by atoms with Crippen LogP contribution in [0.25, 0.3) is 32.8 Å². The fourth-order valence-corrected chi connectivity index (χ4v) is 6.25. The third-order valence-electron chi connectivity index (χ3n) is 8.23. The van der Waals surface area contributed by atoms with E-state index in [0.29, 0.717) is 22.5 Å². The van der Waals surface area contributed by atoms with Gasteiger partial charge in [0, 0.05) is 53.2 Å². The second kappa shape index (κ2) is 10.1. The first-order valence-electron chi connectivity index (χ1n) is 13.4. The average Bonchev–Trinajstić information content (AvgIpc) is 3.45. The normalized spacial score (nSPS) is 18.5. The van der Waals surface area contributed by atoms with Gasteiger partial charge in [0.05, 0.1) is 16.8 Å². The molecule has 218 valence electrons. The van der Waals surface area contributed by atoms with Crippen molar-refractivity contribution >= 4 is 58.3 Å². The number of hydrogen-bond donors (Lipinski definition) is 4. The van der Waals surface area contributed by atoms with E-state index < -0.39 is 26.4 Å². The van der Waals surface area contributed by atoms with Crippen LogP contribution in [-0.4, -0.2) is 73.8 Å². The zero-order valence-electron chi connectivity index (χ0n) is 22.8. The number of piperazine rings is 1. The van der Waals surface area contributed by atoms with E-state index in [1.165, 1.54) is 0 Å². The Labute approximate surface area is 240 Å². The Hall–Kier alpha value is -3.90. The van der Waals surface area contributed by atoms with Gasteiger partial charge in [0.15, 0.2) is 0 Å². The highest BCUT2D eigenvalue weighted by Crippen LogP contribution is 2.44. The molecule has 2 amide bonds. The molecular weight excluding hydrogens is 561 g/mol. The number of amides is 2. The maximum atomic E-state index is 14.0. The molecular formula is C29H30N5O7P. The van der Waals surface area contributed by atoms with Crippen molar-refractivity contribution in [3.8, 4) is 0 Å². The number of aromatic amines is 1. The number of rotatable bonds is 6. The smallest absolute Gasteiger partial charge is 0.412 e. The van der Waals surface area contributed by atoms with Crippen LogP contribution in [0.2, 0.25) is 0 Å². The molecule has 1 spiro atoms. The highest BCUT2D eigenvalue weighted by atomic mass is 31.2. The molecule has 0 atom stereocenters. The summed E-state index contributed by atoms with van der Waals surface area (Å²) in [6.45, 7) is 3.40. The highest BCUT2D eigenvalue weighted by Gasteiger charge is 2.46. The zero-order chi connectivity index (χ0) is 28.5. The maximum absolute atomic E-state index is 14.0. The Kier molecular flexibility index (Phi) is 6.81. The number of anilines is 1. The molecule has 3 aliphatic rings. The molecule has 12 nitrogen and oxygen atoms in total. The molecule has 42 heavy (non-hydrogen) atoms. The second-order valence-corrected chi connectivity index (χ2v) is 12.2. The number of aromatic nitrogens is 2. The van der Waals surface area contributed by atoms with E-state index >= 15 is 0 Å². The van der Waals surface area contributed by atoms with Crippen molar-refractivity contribution in [2.45, 2.75) is 25.3 Å². The van der Waals surface area contributed by atoms with Crippen molar-refractivity contribution < 1.29 is 33.9 Å². The van der Waals surface area contributed by atoms with Crippen LogP contribution in [0.4, 0.5) is 5.82 Å². The molecule has 1 saturated carbocycles. The largest absolute Gasteiger partial charge is 0.471 e. The number of H-pyrrole nitrogens is 1. The summed E-state index contributed by atoms with van der Waals surface area (Å²) in [5.74, 6) is -0.733. The molecule has 4 heterocycles. The topological polar surface area (TPSA) is 180 Å². The van der Waals surface area contributed by atoms with Crippen LogP contribution in [0, 0.1) is 6.92 Å². The van der Waals surface area contributed by atoms with Crippen molar-refractivity contribution in [2.24, 2.45) is 0 Å². The summed E-state index contributed by atoms with van der Waals surface area (Å²) < 4.78 is 16.1. The average molecular weight is 592 g/mol. The molecule has 2 fully saturated rings. The summed E-state index contributed by atoms with van der Waals surface area (Å²) in [6, 6.07) is 15.3. The number of fused-ring (bicyclic) bond motifs is 2. The number of pyridine rings is 1. The monoisotopic (exact) mass is 591 g/mol. The van der Waals surface area contributed by atoms with E-state index in [4.69, 9.17) is 4.98 Å². The number of benzene rings is 2. The van der Waals surface area contributed by atoms with E-state index in [9.17, 15) is 23.9 Å². The quantitative estimate of drug-likeness (QED) is 0.194. The van der Waals surface area contributed by atoms with E-state index in [-0.39, 0.29) is 22.2 Å². The summed E-state index contributed by atoms with van der Waals surface area (Å²) in [6.07, 6.45) is 3.88. The number of carbonyl (C=O) groups excluding carboxylic acids is 2. The standard InChI is InChI=1S/C29H28N5O6P.H2O/c1-17-5-4-8-20-21(14-30-25(17)20)23-24(28(36)34(27(23)35)16-40-41(37,38)39)26-19-7-3-2-6-18(19)13-22(32-26)33-12-11-31-29(15-33)9-10-29;/h2-8,13-14,30-31H,9-12,15-16H2,1H3,(H2,37,38,39);1H2. The molecule has 2 aromatic carbocycles. The van der Waals surface area contributed by atoms with Crippen LogP contribution < -0.4 is 10.2 Å². The van der Waals surface area contributed by atoms with Gasteiger partial charge in [-0.25, -0.2) is 14.4 Å². The summed E-state index contributed by atoms with van der Waals surface area (Å²) >= 11 is 0. The van der Waals surface area contributed by atoms with Gasteiger partial charge < -0.3 is 30.5 Å². The lowest BCUT2D eigenvalue weighted by Gasteiger charge is -2.35. The van der Waals surface area contributed by atoms with Crippen LogP contribution in [0.15, 0.2) is 54.7 Å². The number of phosphoric ester groups is 1. The van der Waals surface area contributed by atoms with Crippen molar-refractivity contribution in [1.82, 2.24) is 20.2 Å². The second-order valence-electron chi connectivity index (χ2n) is 10.9. The fraction of sp³-hybridized carbons (Fsp3) is 0.276. The summed E-state index contributed by atoms with van der Waals surface area (Å²) in [5, 5.41) is 5.90. The number of aryl methyl sites for hydroxylation is 1. The molecule has 2 aliphatic heterocycles. The minimum atomic E-state index is -4.96. The number of carbonyl (C=O) groups is 2. The molecule has 1 aliphatic carbocycles. The molecule has 7 rings (SSSR count). The van der Waals surface area contributed by atoms with Gasteiger partial charge in [-0.3, -0.25) is 14.1 Å². The lowest BCUT2D eigenvalue weighted by Crippen LogP contribution is -2.52. The number of nitrogens with one attached hydrogen (secondary N) is 2. The van der Waals surface area contributed by atoms with Gasteiger partial charge in [-0.2, -0.15) is 0 Å². The molecule has 6 N–H and O–H groups in total. The minimum Gasteiger partial charge on any atom is -0.412 e. The molecule has 0 radical (unpaired) electrons. The van der Waals surface area contributed by atoms with Gasteiger partial charge in [0.25, 0.3) is 11.8 Å². The first-order chi connectivity index (χ1) is 19.6. The first kappa shape index (κ1) is 28.2. The van der Waals surface area contributed by atoms with Crippen LogP contribution >= 0.6 is 7.82 Å². The minimum absolute atomic E-state index is 0. The summed E-state index contributed by atoms with van der Waals surface area (Å²) in [5.41, 5.74) is 2.90. The molecule has 2 aromatic heterocycles. The van der Waals surface area contributed by atoms with Gasteiger partial charge >= 0.3 is 7.82 Å². The van der Waals surface area contributed by atoms with Gasteiger partial charge in [0.1, 0.15) is 12.5 Å². The van der Waals surface area contributed by atoms with Crippen molar-refractivity contribution in [1.29, 1.82) is 0 Å².